The van der Waals surface area contributed by atoms with Gasteiger partial charge in [-0.05, 0) is 23.2 Å². The number of azide groups is 1. The van der Waals surface area contributed by atoms with Crippen molar-refractivity contribution in [1.29, 1.82) is 0 Å². The molecule has 1 aromatic carbocycles. The summed E-state index contributed by atoms with van der Waals surface area (Å²) in [5.41, 5.74) is 8.81. The smallest absolute Gasteiger partial charge is 0.405 e. The van der Waals surface area contributed by atoms with Crippen LogP contribution in [0.2, 0.25) is 0 Å². The van der Waals surface area contributed by atoms with Crippen LogP contribution in [-0.2, 0) is 9.84 Å². The van der Waals surface area contributed by atoms with Crippen molar-refractivity contribution in [2.45, 2.75) is 17.9 Å². The van der Waals surface area contributed by atoms with Crippen LogP contribution in [0.3, 0.4) is 0 Å². The maximum Gasteiger partial charge on any atom is 0.405 e. The van der Waals surface area contributed by atoms with E-state index in [0.717, 1.165) is 0 Å². The Morgan fingerprint density at radius 3 is 2.50 bits per heavy atom. The predicted molar refractivity (Wildman–Crippen MR) is 72.1 cm³/mol. The summed E-state index contributed by atoms with van der Waals surface area (Å²) in [5, 5.41) is 14.3. The summed E-state index contributed by atoms with van der Waals surface area (Å²) in [7, 11) is -3.30. The van der Waals surface area contributed by atoms with E-state index in [4.69, 9.17) is 10.6 Å². The van der Waals surface area contributed by atoms with E-state index in [-0.39, 0.29) is 17.2 Å². The standard InChI is InChI=1S/C11H14N4O4S/c1-2-20(18,19)9-5-3-8(4-6-9)10(7-13-15-12)14-11(16)17/h3-6,10,14H,2,7H2,1H3,(H,16,17). The third-order valence-electron chi connectivity index (χ3n) is 2.65. The summed E-state index contributed by atoms with van der Waals surface area (Å²) in [6, 6.07) is 5.08. The fraction of sp³-hybridized carbons (Fsp3) is 0.364. The molecule has 0 aromatic heterocycles. The number of rotatable bonds is 6. The van der Waals surface area contributed by atoms with Crippen molar-refractivity contribution in [2.24, 2.45) is 5.11 Å². The number of nitrogens with zero attached hydrogens (tertiary/aromatic N) is 3. The second-order valence-electron chi connectivity index (χ2n) is 3.89. The molecular formula is C11H14N4O4S. The van der Waals surface area contributed by atoms with Crippen LogP contribution in [0.4, 0.5) is 4.79 Å². The molecule has 1 amide bonds. The maximum atomic E-state index is 11.7. The predicted octanol–water partition coefficient (Wildman–Crippen LogP) is 2.10. The fourth-order valence-electron chi connectivity index (χ4n) is 1.58. The number of benzene rings is 1. The van der Waals surface area contributed by atoms with Gasteiger partial charge in [-0.1, -0.05) is 24.2 Å². The third-order valence-corrected chi connectivity index (χ3v) is 4.40. The van der Waals surface area contributed by atoms with Crippen molar-refractivity contribution in [1.82, 2.24) is 5.32 Å². The zero-order valence-corrected chi connectivity index (χ0v) is 11.5. The molecule has 108 valence electrons. The summed E-state index contributed by atoms with van der Waals surface area (Å²) in [4.78, 5) is 13.4. The minimum absolute atomic E-state index is 0.0120. The Morgan fingerprint density at radius 1 is 1.45 bits per heavy atom. The zero-order chi connectivity index (χ0) is 15.2. The van der Waals surface area contributed by atoms with E-state index in [1.807, 2.05) is 0 Å². The third kappa shape index (κ3) is 4.15. The molecule has 0 radical (unpaired) electrons. The van der Waals surface area contributed by atoms with Gasteiger partial charge in [-0.25, -0.2) is 13.2 Å². The molecular weight excluding hydrogens is 284 g/mol. The molecule has 2 N–H and O–H groups in total. The second kappa shape index (κ2) is 6.78. The molecule has 20 heavy (non-hydrogen) atoms. The average molecular weight is 298 g/mol. The van der Waals surface area contributed by atoms with Crippen LogP contribution in [-0.4, -0.2) is 31.9 Å². The number of carboxylic acid groups (broad SMARTS) is 1. The highest BCUT2D eigenvalue weighted by atomic mass is 32.2. The summed E-state index contributed by atoms with van der Waals surface area (Å²) in [6.07, 6.45) is -1.26. The summed E-state index contributed by atoms with van der Waals surface area (Å²) >= 11 is 0. The molecule has 0 aliphatic carbocycles. The quantitative estimate of drug-likeness (QED) is 0.472. The second-order valence-corrected chi connectivity index (χ2v) is 6.17. The highest BCUT2D eigenvalue weighted by molar-refractivity contribution is 7.91. The molecule has 1 unspecified atom stereocenters. The molecule has 1 rings (SSSR count). The van der Waals surface area contributed by atoms with Gasteiger partial charge >= 0.3 is 6.09 Å². The molecule has 0 aliphatic rings. The van der Waals surface area contributed by atoms with E-state index in [1.54, 1.807) is 6.92 Å². The van der Waals surface area contributed by atoms with Crippen molar-refractivity contribution in [3.05, 3.63) is 40.3 Å². The topological polar surface area (TPSA) is 132 Å². The first-order valence-electron chi connectivity index (χ1n) is 5.73. The Kier molecular flexibility index (Phi) is 5.36. The Hall–Kier alpha value is -2.25. The molecule has 1 atom stereocenters. The normalized spacial score (nSPS) is 12.2. The van der Waals surface area contributed by atoms with Crippen LogP contribution in [0.15, 0.2) is 34.3 Å². The zero-order valence-electron chi connectivity index (χ0n) is 10.7. The molecule has 0 aliphatic heterocycles. The van der Waals surface area contributed by atoms with Crippen molar-refractivity contribution in [3.8, 4) is 0 Å². The minimum atomic E-state index is -3.30. The number of nitrogens with one attached hydrogen (secondary N) is 1. The molecule has 0 bridgehead atoms. The Balaban J connectivity index is 3.04. The van der Waals surface area contributed by atoms with Crippen molar-refractivity contribution in [3.63, 3.8) is 0 Å². The van der Waals surface area contributed by atoms with Gasteiger partial charge in [-0.2, -0.15) is 0 Å². The first-order chi connectivity index (χ1) is 9.40. The summed E-state index contributed by atoms with van der Waals surface area (Å²) < 4.78 is 23.3. The molecule has 0 saturated carbocycles. The first-order valence-corrected chi connectivity index (χ1v) is 7.39. The van der Waals surface area contributed by atoms with E-state index in [1.165, 1.54) is 24.3 Å². The van der Waals surface area contributed by atoms with Gasteiger partial charge in [0.2, 0.25) is 0 Å². The number of amides is 1. The lowest BCUT2D eigenvalue weighted by molar-refractivity contribution is 0.190. The van der Waals surface area contributed by atoms with Crippen molar-refractivity contribution in [2.75, 3.05) is 12.3 Å². The molecule has 0 spiro atoms. The Bertz CT molecular complexity index is 616. The van der Waals surface area contributed by atoms with E-state index in [0.29, 0.717) is 5.56 Å². The maximum absolute atomic E-state index is 11.7. The van der Waals surface area contributed by atoms with Gasteiger partial charge < -0.3 is 10.4 Å². The summed E-state index contributed by atoms with van der Waals surface area (Å²) in [6.45, 7) is 1.45. The highest BCUT2D eigenvalue weighted by Crippen LogP contribution is 2.18. The first kappa shape index (κ1) is 15.8. The van der Waals surface area contributed by atoms with E-state index in [2.05, 4.69) is 15.3 Å². The van der Waals surface area contributed by atoms with Gasteiger partial charge in [0.1, 0.15) is 0 Å². The molecule has 0 saturated heterocycles. The lowest BCUT2D eigenvalue weighted by Crippen LogP contribution is -2.28. The van der Waals surface area contributed by atoms with E-state index < -0.39 is 22.0 Å². The molecule has 0 heterocycles. The summed E-state index contributed by atoms with van der Waals surface area (Å²) in [5.74, 6) is -0.0120. The van der Waals surface area contributed by atoms with Crippen molar-refractivity contribution < 1.29 is 18.3 Å². The van der Waals surface area contributed by atoms with Crippen LogP contribution in [0, 0.1) is 0 Å². The fourth-order valence-corrected chi connectivity index (χ4v) is 2.46. The number of hydrogen-bond donors (Lipinski definition) is 2. The monoisotopic (exact) mass is 298 g/mol. The highest BCUT2D eigenvalue weighted by Gasteiger charge is 2.15. The van der Waals surface area contributed by atoms with Gasteiger partial charge in [-0.15, -0.1) is 0 Å². The number of hydrogen-bond acceptors (Lipinski definition) is 4. The van der Waals surface area contributed by atoms with Gasteiger partial charge in [0, 0.05) is 4.91 Å². The van der Waals surface area contributed by atoms with Crippen LogP contribution in [0.25, 0.3) is 10.4 Å². The van der Waals surface area contributed by atoms with Gasteiger partial charge in [0.25, 0.3) is 0 Å². The lowest BCUT2D eigenvalue weighted by Gasteiger charge is -2.15. The van der Waals surface area contributed by atoms with Crippen LogP contribution < -0.4 is 5.32 Å². The van der Waals surface area contributed by atoms with Gasteiger partial charge in [0.05, 0.1) is 23.2 Å². The molecule has 0 fully saturated rings. The Morgan fingerprint density at radius 2 is 2.05 bits per heavy atom. The van der Waals surface area contributed by atoms with E-state index >= 15 is 0 Å². The van der Waals surface area contributed by atoms with Crippen LogP contribution >= 0.6 is 0 Å². The van der Waals surface area contributed by atoms with Crippen molar-refractivity contribution >= 4 is 15.9 Å². The Labute approximate surface area is 116 Å². The van der Waals surface area contributed by atoms with E-state index in [9.17, 15) is 13.2 Å². The minimum Gasteiger partial charge on any atom is -0.465 e. The average Bonchev–Trinajstić information content (AvgIpc) is 2.43. The van der Waals surface area contributed by atoms with Crippen LogP contribution in [0.5, 0.6) is 0 Å². The largest absolute Gasteiger partial charge is 0.465 e. The molecule has 9 heteroatoms. The van der Waals surface area contributed by atoms with Gasteiger partial charge in [-0.3, -0.25) is 0 Å². The lowest BCUT2D eigenvalue weighted by atomic mass is 10.1. The number of carbonyl (C=O) groups is 1. The molecule has 1 aromatic rings. The van der Waals surface area contributed by atoms with Gasteiger partial charge in [0.15, 0.2) is 9.84 Å². The number of sulfone groups is 1. The SMILES string of the molecule is CCS(=O)(=O)c1ccc(C(CN=[N+]=[N-])NC(=O)O)cc1. The molecule has 8 nitrogen and oxygen atoms in total. The van der Waals surface area contributed by atoms with Crippen LogP contribution in [0.1, 0.15) is 18.5 Å².